The van der Waals surface area contributed by atoms with Gasteiger partial charge >= 0.3 is 0 Å². The van der Waals surface area contributed by atoms with E-state index in [2.05, 4.69) is 25.3 Å². The number of aromatic amines is 1. The average molecular weight is 325 g/mol. The first-order valence-corrected chi connectivity index (χ1v) is 8.38. The smallest absolute Gasteiger partial charge is 0.271 e. The molecule has 1 aliphatic heterocycles. The van der Waals surface area contributed by atoms with Crippen LogP contribution in [0.3, 0.4) is 0 Å². The number of pyridine rings is 1. The molecule has 116 valence electrons. The van der Waals surface area contributed by atoms with E-state index >= 15 is 0 Å². The Labute approximate surface area is 137 Å². The molecule has 0 fully saturated rings. The molecule has 7 heteroatoms. The highest BCUT2D eigenvalue weighted by Crippen LogP contribution is 2.24. The Morgan fingerprint density at radius 1 is 1.30 bits per heavy atom. The van der Waals surface area contributed by atoms with Crippen molar-refractivity contribution in [3.8, 4) is 10.6 Å². The molecule has 1 amide bonds. The number of nitrogens with one attached hydrogen (secondary N) is 2. The Morgan fingerprint density at radius 3 is 3.13 bits per heavy atom. The Morgan fingerprint density at radius 2 is 2.26 bits per heavy atom. The third-order valence-corrected chi connectivity index (χ3v) is 4.68. The van der Waals surface area contributed by atoms with Gasteiger partial charge in [0.05, 0.1) is 5.69 Å². The minimum atomic E-state index is -0.0886. The molecule has 3 aromatic rings. The summed E-state index contributed by atoms with van der Waals surface area (Å²) in [5.74, 6) is 0.699. The van der Waals surface area contributed by atoms with Crippen molar-refractivity contribution in [2.75, 3.05) is 6.54 Å². The molecule has 0 saturated carbocycles. The number of H-pyrrole nitrogens is 1. The first kappa shape index (κ1) is 14.1. The molecule has 1 aliphatic rings. The molecule has 0 atom stereocenters. The summed E-state index contributed by atoms with van der Waals surface area (Å²) in [4.78, 5) is 28.4. The Bertz CT molecular complexity index is 839. The third-order valence-electron chi connectivity index (χ3n) is 3.74. The number of nitrogens with zero attached hydrogens (tertiary/aromatic N) is 3. The maximum Gasteiger partial charge on any atom is 0.271 e. The predicted molar refractivity (Wildman–Crippen MR) is 87.4 cm³/mol. The van der Waals surface area contributed by atoms with Crippen molar-refractivity contribution in [2.24, 2.45) is 0 Å². The first-order valence-electron chi connectivity index (χ1n) is 7.50. The van der Waals surface area contributed by atoms with Crippen LogP contribution in [0.25, 0.3) is 10.6 Å². The maximum absolute atomic E-state index is 11.9. The fourth-order valence-corrected chi connectivity index (χ4v) is 3.46. The van der Waals surface area contributed by atoms with E-state index in [1.807, 2.05) is 23.7 Å². The van der Waals surface area contributed by atoms with Crippen molar-refractivity contribution in [1.82, 2.24) is 25.3 Å². The van der Waals surface area contributed by atoms with Crippen LogP contribution in [0.5, 0.6) is 0 Å². The highest BCUT2D eigenvalue weighted by atomic mass is 32.1. The molecular weight excluding hydrogens is 310 g/mol. The van der Waals surface area contributed by atoms with E-state index in [1.165, 1.54) is 0 Å². The van der Waals surface area contributed by atoms with Crippen LogP contribution in [-0.2, 0) is 12.8 Å². The summed E-state index contributed by atoms with van der Waals surface area (Å²) >= 11 is 1.59. The van der Waals surface area contributed by atoms with Gasteiger partial charge in [-0.3, -0.25) is 9.78 Å². The fraction of sp³-hybridized carbons (Fsp3) is 0.250. The maximum atomic E-state index is 11.9. The summed E-state index contributed by atoms with van der Waals surface area (Å²) in [5, 5.41) is 5.83. The number of fused-ring (bicyclic) bond motifs is 1. The average Bonchev–Trinajstić information content (AvgIpc) is 3.16. The van der Waals surface area contributed by atoms with Gasteiger partial charge in [0.2, 0.25) is 0 Å². The second-order valence-corrected chi connectivity index (χ2v) is 6.29. The van der Waals surface area contributed by atoms with Gasteiger partial charge in [-0.2, -0.15) is 0 Å². The van der Waals surface area contributed by atoms with Crippen LogP contribution < -0.4 is 5.32 Å². The number of carbonyl (C=O) groups excluding carboxylic acids is 1. The highest BCUT2D eigenvalue weighted by molar-refractivity contribution is 7.13. The van der Waals surface area contributed by atoms with E-state index in [4.69, 9.17) is 0 Å². The van der Waals surface area contributed by atoms with E-state index in [-0.39, 0.29) is 5.91 Å². The number of hydrogen-bond acceptors (Lipinski definition) is 5. The molecule has 2 N–H and O–H groups in total. The monoisotopic (exact) mass is 325 g/mol. The van der Waals surface area contributed by atoms with Crippen LogP contribution in [0.2, 0.25) is 0 Å². The number of aromatic nitrogens is 4. The largest absolute Gasteiger partial charge is 0.351 e. The van der Waals surface area contributed by atoms with E-state index in [1.54, 1.807) is 17.5 Å². The Kier molecular flexibility index (Phi) is 3.63. The first-order chi connectivity index (χ1) is 11.3. The fourth-order valence-electron chi connectivity index (χ4n) is 2.65. The summed E-state index contributed by atoms with van der Waals surface area (Å²) in [6.45, 7) is 0.707. The zero-order chi connectivity index (χ0) is 15.6. The van der Waals surface area contributed by atoms with Crippen molar-refractivity contribution in [3.63, 3.8) is 0 Å². The summed E-state index contributed by atoms with van der Waals surface area (Å²) in [7, 11) is 0. The van der Waals surface area contributed by atoms with Crippen molar-refractivity contribution < 1.29 is 4.79 Å². The number of rotatable bonds is 3. The topological polar surface area (TPSA) is 83.6 Å². The van der Waals surface area contributed by atoms with Gasteiger partial charge in [0.15, 0.2) is 0 Å². The predicted octanol–water partition coefficient (Wildman–Crippen LogP) is 2.20. The van der Waals surface area contributed by atoms with Crippen molar-refractivity contribution in [3.05, 3.63) is 52.8 Å². The van der Waals surface area contributed by atoms with Crippen LogP contribution in [0.4, 0.5) is 0 Å². The molecule has 23 heavy (non-hydrogen) atoms. The lowest BCUT2D eigenvalue weighted by atomic mass is 10.2. The molecule has 0 aromatic carbocycles. The normalized spacial score (nSPS) is 14.2. The summed E-state index contributed by atoms with van der Waals surface area (Å²) in [6, 6.07) is 3.90. The van der Waals surface area contributed by atoms with Crippen LogP contribution in [0, 0.1) is 0 Å². The quantitative estimate of drug-likeness (QED) is 0.773. The number of amides is 1. The van der Waals surface area contributed by atoms with Crippen LogP contribution in [0.15, 0.2) is 29.9 Å². The molecular formula is C16H15N5OS. The minimum absolute atomic E-state index is 0.0886. The summed E-state index contributed by atoms with van der Waals surface area (Å²) in [6.07, 6.45) is 5.93. The third kappa shape index (κ3) is 2.87. The number of aryl methyl sites for hydroxylation is 1. The molecule has 0 saturated heterocycles. The highest BCUT2D eigenvalue weighted by Gasteiger charge is 2.20. The van der Waals surface area contributed by atoms with Gasteiger partial charge in [-0.1, -0.05) is 0 Å². The molecule has 0 unspecified atom stereocenters. The number of imidazole rings is 1. The van der Waals surface area contributed by atoms with Crippen molar-refractivity contribution in [1.29, 1.82) is 0 Å². The molecule has 3 aromatic heterocycles. The molecule has 0 spiro atoms. The zero-order valence-corrected chi connectivity index (χ0v) is 13.2. The van der Waals surface area contributed by atoms with Crippen molar-refractivity contribution >= 4 is 17.2 Å². The van der Waals surface area contributed by atoms with Gasteiger partial charge in [0, 0.05) is 42.0 Å². The molecule has 4 heterocycles. The van der Waals surface area contributed by atoms with Crippen LogP contribution in [0.1, 0.15) is 34.1 Å². The molecule has 0 bridgehead atoms. The minimum Gasteiger partial charge on any atom is -0.351 e. The van der Waals surface area contributed by atoms with Gasteiger partial charge in [0.25, 0.3) is 5.91 Å². The van der Waals surface area contributed by atoms with Gasteiger partial charge in [-0.25, -0.2) is 9.97 Å². The number of thiazole rings is 1. The van der Waals surface area contributed by atoms with E-state index in [0.29, 0.717) is 18.7 Å². The molecule has 0 aliphatic carbocycles. The lowest BCUT2D eigenvalue weighted by Gasteiger charge is -1.97. The second-order valence-electron chi connectivity index (χ2n) is 5.43. The van der Waals surface area contributed by atoms with Gasteiger partial charge in [0.1, 0.15) is 16.5 Å². The molecule has 0 radical (unpaired) electrons. The summed E-state index contributed by atoms with van der Waals surface area (Å²) < 4.78 is 0. The Hall–Kier alpha value is -2.54. The molecule has 4 rings (SSSR count). The number of carbonyl (C=O) groups is 1. The van der Waals surface area contributed by atoms with Gasteiger partial charge in [-0.15, -0.1) is 11.3 Å². The SMILES string of the molecule is O=C1NCCCc2[nH]c(Cc3csc(-c4cccnc4)n3)nc21. The van der Waals surface area contributed by atoms with Crippen LogP contribution >= 0.6 is 11.3 Å². The lowest BCUT2D eigenvalue weighted by molar-refractivity contribution is 0.0951. The Balaban J connectivity index is 1.56. The summed E-state index contributed by atoms with van der Waals surface area (Å²) in [5.41, 5.74) is 3.41. The number of hydrogen-bond donors (Lipinski definition) is 2. The zero-order valence-electron chi connectivity index (χ0n) is 12.4. The van der Waals surface area contributed by atoms with Gasteiger partial charge < -0.3 is 10.3 Å². The molecule has 6 nitrogen and oxygen atoms in total. The second kappa shape index (κ2) is 5.92. The van der Waals surface area contributed by atoms with Crippen molar-refractivity contribution in [2.45, 2.75) is 19.3 Å². The van der Waals surface area contributed by atoms with E-state index in [9.17, 15) is 4.79 Å². The lowest BCUT2D eigenvalue weighted by Crippen LogP contribution is -2.23. The standard InChI is InChI=1S/C16H15N5OS/c22-15-14-12(4-2-6-18-15)20-13(21-14)7-11-9-23-16(19-11)10-3-1-5-17-8-10/h1,3,5,8-9H,2,4,6-7H2,(H,18,22)(H,20,21). The van der Waals surface area contributed by atoms with E-state index < -0.39 is 0 Å². The van der Waals surface area contributed by atoms with E-state index in [0.717, 1.165) is 40.6 Å². The van der Waals surface area contributed by atoms with Gasteiger partial charge in [-0.05, 0) is 25.0 Å². The van der Waals surface area contributed by atoms with Crippen LogP contribution in [-0.4, -0.2) is 32.4 Å².